The summed E-state index contributed by atoms with van der Waals surface area (Å²) in [5.41, 5.74) is 3.32. The highest BCUT2D eigenvalue weighted by molar-refractivity contribution is 7.90. The molecule has 0 heterocycles. The highest BCUT2D eigenvalue weighted by atomic mass is 32.2. The number of aryl methyl sites for hydroxylation is 2. The molecule has 0 unspecified atom stereocenters. The van der Waals surface area contributed by atoms with Crippen molar-refractivity contribution in [3.63, 3.8) is 0 Å². The zero-order valence-electron chi connectivity index (χ0n) is 12.4. The maximum absolute atomic E-state index is 11.7. The molecule has 0 saturated carbocycles. The minimum atomic E-state index is -3.05. The van der Waals surface area contributed by atoms with E-state index in [2.05, 4.69) is 16.7 Å². The Bertz CT molecular complexity index is 562. The van der Waals surface area contributed by atoms with Gasteiger partial charge in [-0.25, -0.2) is 13.2 Å². The molecule has 20 heavy (non-hydrogen) atoms. The normalized spacial score (nSPS) is 12.8. The molecule has 0 saturated heterocycles. The predicted molar refractivity (Wildman–Crippen MR) is 80.6 cm³/mol. The summed E-state index contributed by atoms with van der Waals surface area (Å²) in [7, 11) is -3.05. The summed E-state index contributed by atoms with van der Waals surface area (Å²) in [5, 5.41) is 5.33. The van der Waals surface area contributed by atoms with Gasteiger partial charge in [0.15, 0.2) is 0 Å². The number of carbonyl (C=O) groups excluding carboxylic acids is 1. The van der Waals surface area contributed by atoms with Crippen LogP contribution < -0.4 is 10.6 Å². The molecule has 2 N–H and O–H groups in total. The fourth-order valence-electron chi connectivity index (χ4n) is 1.94. The van der Waals surface area contributed by atoms with Crippen LogP contribution in [0.3, 0.4) is 0 Å². The van der Waals surface area contributed by atoms with Gasteiger partial charge in [-0.15, -0.1) is 0 Å². The van der Waals surface area contributed by atoms with Gasteiger partial charge in [0, 0.05) is 12.8 Å². The van der Waals surface area contributed by atoms with Crippen LogP contribution in [0.1, 0.15) is 29.7 Å². The van der Waals surface area contributed by atoms with Gasteiger partial charge >= 0.3 is 6.03 Å². The van der Waals surface area contributed by atoms with Crippen LogP contribution in [-0.4, -0.2) is 33.0 Å². The Morgan fingerprint density at radius 2 is 1.75 bits per heavy atom. The molecule has 112 valence electrons. The summed E-state index contributed by atoms with van der Waals surface area (Å²) in [4.78, 5) is 11.7. The number of benzene rings is 1. The van der Waals surface area contributed by atoms with Crippen molar-refractivity contribution in [1.29, 1.82) is 0 Å². The van der Waals surface area contributed by atoms with Gasteiger partial charge in [0.2, 0.25) is 0 Å². The summed E-state index contributed by atoms with van der Waals surface area (Å²) >= 11 is 0. The van der Waals surface area contributed by atoms with Gasteiger partial charge in [-0.2, -0.15) is 0 Å². The number of hydrogen-bond acceptors (Lipinski definition) is 3. The maximum atomic E-state index is 11.7. The van der Waals surface area contributed by atoms with Crippen molar-refractivity contribution >= 4 is 15.9 Å². The number of rotatable bonds is 5. The van der Waals surface area contributed by atoms with Gasteiger partial charge in [-0.3, -0.25) is 0 Å². The molecule has 6 heteroatoms. The molecule has 1 aromatic carbocycles. The molecule has 0 aliphatic heterocycles. The first-order chi connectivity index (χ1) is 9.17. The van der Waals surface area contributed by atoms with Gasteiger partial charge in [0.1, 0.15) is 9.84 Å². The second kappa shape index (κ2) is 6.74. The standard InChI is InChI=1S/C14H22N2O3S/c1-10-7-11(2)9-13(8-10)12(3)16-14(17)15-5-6-20(4,18)19/h7-9,12H,5-6H2,1-4H3,(H2,15,16,17)/t12-/m1/s1. The molecule has 1 atom stereocenters. The average Bonchev–Trinajstić information content (AvgIpc) is 2.25. The van der Waals surface area contributed by atoms with Crippen molar-refractivity contribution < 1.29 is 13.2 Å². The largest absolute Gasteiger partial charge is 0.337 e. The van der Waals surface area contributed by atoms with Crippen LogP contribution in [0.2, 0.25) is 0 Å². The molecule has 0 aromatic heterocycles. The quantitative estimate of drug-likeness (QED) is 0.869. The van der Waals surface area contributed by atoms with Gasteiger partial charge in [-0.1, -0.05) is 29.3 Å². The van der Waals surface area contributed by atoms with Crippen LogP contribution in [-0.2, 0) is 9.84 Å². The summed E-state index contributed by atoms with van der Waals surface area (Å²) in [6.45, 7) is 6.03. The van der Waals surface area contributed by atoms with Crippen molar-refractivity contribution in [1.82, 2.24) is 10.6 Å². The lowest BCUT2D eigenvalue weighted by Gasteiger charge is -2.16. The molecule has 0 fully saturated rings. The van der Waals surface area contributed by atoms with E-state index in [4.69, 9.17) is 0 Å². The third-order valence-corrected chi connectivity index (χ3v) is 3.80. The first kappa shape index (κ1) is 16.5. The third-order valence-electron chi connectivity index (χ3n) is 2.85. The summed E-state index contributed by atoms with van der Waals surface area (Å²) < 4.78 is 21.9. The van der Waals surface area contributed by atoms with Crippen LogP contribution in [0.15, 0.2) is 18.2 Å². The number of carbonyl (C=O) groups is 1. The Hall–Kier alpha value is -1.56. The van der Waals surface area contributed by atoms with E-state index in [1.807, 2.05) is 32.9 Å². The van der Waals surface area contributed by atoms with Crippen molar-refractivity contribution in [3.05, 3.63) is 34.9 Å². The van der Waals surface area contributed by atoms with Crippen LogP contribution in [0.4, 0.5) is 4.79 Å². The molecule has 1 rings (SSSR count). The molecule has 0 bridgehead atoms. The van der Waals surface area contributed by atoms with Crippen LogP contribution in [0.25, 0.3) is 0 Å². The fourth-order valence-corrected chi connectivity index (χ4v) is 2.41. The summed E-state index contributed by atoms with van der Waals surface area (Å²) in [6.07, 6.45) is 1.14. The number of hydrogen-bond donors (Lipinski definition) is 2. The first-order valence-corrected chi connectivity index (χ1v) is 8.54. The highest BCUT2D eigenvalue weighted by Gasteiger charge is 2.10. The lowest BCUT2D eigenvalue weighted by molar-refractivity contribution is 0.238. The minimum absolute atomic E-state index is 0.0572. The summed E-state index contributed by atoms with van der Waals surface area (Å²) in [5.74, 6) is -0.0572. The maximum Gasteiger partial charge on any atom is 0.315 e. The van der Waals surface area contributed by atoms with E-state index in [9.17, 15) is 13.2 Å². The van der Waals surface area contributed by atoms with E-state index in [1.54, 1.807) is 0 Å². The SMILES string of the molecule is Cc1cc(C)cc([C@@H](C)NC(=O)NCCS(C)(=O)=O)c1. The lowest BCUT2D eigenvalue weighted by Crippen LogP contribution is -2.39. The smallest absolute Gasteiger partial charge is 0.315 e. The monoisotopic (exact) mass is 298 g/mol. The lowest BCUT2D eigenvalue weighted by atomic mass is 10.0. The van der Waals surface area contributed by atoms with E-state index >= 15 is 0 Å². The molecular weight excluding hydrogens is 276 g/mol. The second-order valence-electron chi connectivity index (χ2n) is 5.17. The van der Waals surface area contributed by atoms with E-state index in [1.165, 1.54) is 0 Å². The number of urea groups is 1. The molecular formula is C14H22N2O3S. The Kier molecular flexibility index (Phi) is 5.56. The van der Waals surface area contributed by atoms with E-state index in [-0.39, 0.29) is 24.4 Å². The van der Waals surface area contributed by atoms with Gasteiger partial charge < -0.3 is 10.6 Å². The third kappa shape index (κ3) is 6.06. The van der Waals surface area contributed by atoms with Crippen LogP contribution in [0, 0.1) is 13.8 Å². The Morgan fingerprint density at radius 1 is 1.20 bits per heavy atom. The molecule has 0 aliphatic carbocycles. The topological polar surface area (TPSA) is 75.3 Å². The molecule has 2 amide bonds. The highest BCUT2D eigenvalue weighted by Crippen LogP contribution is 2.16. The number of nitrogens with one attached hydrogen (secondary N) is 2. The number of amides is 2. The minimum Gasteiger partial charge on any atom is -0.337 e. The van der Waals surface area contributed by atoms with Gasteiger partial charge in [0.05, 0.1) is 11.8 Å². The van der Waals surface area contributed by atoms with Crippen molar-refractivity contribution in [3.8, 4) is 0 Å². The first-order valence-electron chi connectivity index (χ1n) is 6.47. The molecule has 0 aliphatic rings. The molecule has 1 aromatic rings. The number of sulfone groups is 1. The molecule has 0 spiro atoms. The van der Waals surface area contributed by atoms with E-state index in [0.717, 1.165) is 22.9 Å². The fraction of sp³-hybridized carbons (Fsp3) is 0.500. The zero-order valence-corrected chi connectivity index (χ0v) is 13.2. The Morgan fingerprint density at radius 3 is 2.25 bits per heavy atom. The zero-order chi connectivity index (χ0) is 15.3. The average molecular weight is 298 g/mol. The van der Waals surface area contributed by atoms with Crippen molar-refractivity contribution in [2.45, 2.75) is 26.8 Å². The van der Waals surface area contributed by atoms with E-state index in [0.29, 0.717) is 0 Å². The van der Waals surface area contributed by atoms with Crippen molar-refractivity contribution in [2.24, 2.45) is 0 Å². The van der Waals surface area contributed by atoms with Gasteiger partial charge in [0.25, 0.3) is 0 Å². The van der Waals surface area contributed by atoms with Crippen molar-refractivity contribution in [2.75, 3.05) is 18.6 Å². The Balaban J connectivity index is 2.53. The van der Waals surface area contributed by atoms with Gasteiger partial charge in [-0.05, 0) is 26.3 Å². The predicted octanol–water partition coefficient (Wildman–Crippen LogP) is 1.71. The van der Waals surface area contributed by atoms with E-state index < -0.39 is 9.84 Å². The Labute approximate surface area is 120 Å². The van der Waals surface area contributed by atoms with Crippen LogP contribution >= 0.6 is 0 Å². The molecule has 5 nitrogen and oxygen atoms in total. The molecule has 0 radical (unpaired) electrons. The second-order valence-corrected chi connectivity index (χ2v) is 7.43. The van der Waals surface area contributed by atoms with Crippen LogP contribution in [0.5, 0.6) is 0 Å². The summed E-state index contributed by atoms with van der Waals surface area (Å²) in [6, 6.07) is 5.62.